The Kier molecular flexibility index (Phi) is 6.65. The third kappa shape index (κ3) is 4.22. The fourth-order valence-electron chi connectivity index (χ4n) is 4.71. The summed E-state index contributed by atoms with van der Waals surface area (Å²) in [6, 6.07) is 15.1. The molecule has 0 aromatic heterocycles. The summed E-state index contributed by atoms with van der Waals surface area (Å²) >= 11 is 10.2. The van der Waals surface area contributed by atoms with Crippen molar-refractivity contribution < 1.29 is 4.74 Å². The second kappa shape index (κ2) is 9.41. The molecule has 2 aromatic carbocycles. The maximum absolute atomic E-state index is 9.45. The molecule has 0 saturated heterocycles. The van der Waals surface area contributed by atoms with Gasteiger partial charge in [0, 0.05) is 15.1 Å². The second-order valence-electron chi connectivity index (χ2n) is 7.88. The number of aliphatic imine (C=N–C) groups is 1. The van der Waals surface area contributed by atoms with Crippen molar-refractivity contribution in [3.05, 3.63) is 62.6 Å². The zero-order valence-corrected chi connectivity index (χ0v) is 19.4. The van der Waals surface area contributed by atoms with Crippen molar-refractivity contribution in [3.8, 4) is 11.8 Å². The van der Waals surface area contributed by atoms with E-state index in [1.54, 1.807) is 7.11 Å². The van der Waals surface area contributed by atoms with Crippen LogP contribution in [0.3, 0.4) is 0 Å². The van der Waals surface area contributed by atoms with Gasteiger partial charge in [-0.2, -0.15) is 5.26 Å². The first-order valence-electron chi connectivity index (χ1n) is 10.4. The molecule has 2 aromatic rings. The maximum Gasteiger partial charge on any atom is 0.132 e. The summed E-state index contributed by atoms with van der Waals surface area (Å²) in [6.45, 7) is 0.366. The number of hydrogen-bond donors (Lipinski definition) is 0. The molecule has 30 heavy (non-hydrogen) atoms. The Hall–Kier alpha value is -2.03. The molecule has 0 amide bonds. The highest BCUT2D eigenvalue weighted by Crippen LogP contribution is 2.35. The van der Waals surface area contributed by atoms with Gasteiger partial charge in [0.2, 0.25) is 0 Å². The number of benzene rings is 2. The number of methoxy groups -OCH3 is 1. The van der Waals surface area contributed by atoms with Crippen LogP contribution in [0, 0.1) is 11.3 Å². The monoisotopic (exact) mass is 485 g/mol. The summed E-state index contributed by atoms with van der Waals surface area (Å²) in [5.74, 6) is 1.81. The number of ether oxygens (including phenoxy) is 1. The lowest BCUT2D eigenvalue weighted by molar-refractivity contribution is 0.262. The molecule has 2 atom stereocenters. The highest BCUT2D eigenvalue weighted by Gasteiger charge is 2.38. The first-order valence-corrected chi connectivity index (χ1v) is 11.6. The molecule has 0 unspecified atom stereocenters. The van der Waals surface area contributed by atoms with Crippen molar-refractivity contribution in [1.29, 1.82) is 5.26 Å². The summed E-state index contributed by atoms with van der Waals surface area (Å²) in [5, 5.41) is 10.2. The van der Waals surface area contributed by atoms with Gasteiger partial charge in [0.15, 0.2) is 0 Å². The van der Waals surface area contributed by atoms with Crippen LogP contribution in [0.15, 0.2) is 45.9 Å². The molecule has 1 heterocycles. The Bertz CT molecular complexity index is 1000. The molecule has 0 bridgehead atoms. The lowest BCUT2D eigenvalue weighted by Crippen LogP contribution is -2.42. The zero-order valence-electron chi connectivity index (χ0n) is 17.1. The van der Waals surface area contributed by atoms with Gasteiger partial charge in [-0.25, -0.2) is 0 Å². The van der Waals surface area contributed by atoms with Gasteiger partial charge in [0.1, 0.15) is 18.1 Å². The highest BCUT2D eigenvalue weighted by atomic mass is 79.9. The van der Waals surface area contributed by atoms with Crippen molar-refractivity contribution >= 4 is 33.4 Å². The van der Waals surface area contributed by atoms with Crippen LogP contribution in [0.1, 0.15) is 42.4 Å². The third-order valence-corrected chi connectivity index (χ3v) is 6.99. The van der Waals surface area contributed by atoms with Crippen LogP contribution in [-0.2, 0) is 12.8 Å². The van der Waals surface area contributed by atoms with E-state index in [0.717, 1.165) is 63.5 Å². The minimum Gasteiger partial charge on any atom is -0.496 e. The molecular formula is C24H25BrClN3O. The quantitative estimate of drug-likeness (QED) is 0.485. The van der Waals surface area contributed by atoms with Crippen molar-refractivity contribution in [2.45, 2.75) is 50.6 Å². The molecule has 1 fully saturated rings. The minimum absolute atomic E-state index is 0.291. The van der Waals surface area contributed by atoms with Gasteiger partial charge in [0.05, 0.1) is 25.3 Å². The van der Waals surface area contributed by atoms with E-state index in [4.69, 9.17) is 21.3 Å². The van der Waals surface area contributed by atoms with Crippen molar-refractivity contribution in [3.63, 3.8) is 0 Å². The molecule has 6 heteroatoms. The van der Waals surface area contributed by atoms with Gasteiger partial charge in [-0.3, -0.25) is 4.99 Å². The Morgan fingerprint density at radius 2 is 2.07 bits per heavy atom. The Labute approximate surface area is 191 Å². The lowest BCUT2D eigenvalue weighted by atomic mass is 9.90. The molecule has 1 aliphatic heterocycles. The molecule has 4 rings (SSSR count). The first-order chi connectivity index (χ1) is 14.6. The fraction of sp³-hybridized carbons (Fsp3) is 0.417. The van der Waals surface area contributed by atoms with E-state index in [1.807, 2.05) is 24.3 Å². The molecule has 4 nitrogen and oxygen atoms in total. The molecular weight excluding hydrogens is 462 g/mol. The van der Waals surface area contributed by atoms with Crippen LogP contribution in [0.4, 0.5) is 0 Å². The molecule has 1 saturated carbocycles. The molecule has 0 spiro atoms. The summed E-state index contributed by atoms with van der Waals surface area (Å²) in [5.41, 5.74) is 3.27. The highest BCUT2D eigenvalue weighted by molar-refractivity contribution is 9.10. The lowest BCUT2D eigenvalue weighted by Gasteiger charge is -2.31. The summed E-state index contributed by atoms with van der Waals surface area (Å²) < 4.78 is 6.57. The molecule has 1 aliphatic carbocycles. The van der Waals surface area contributed by atoms with E-state index < -0.39 is 0 Å². The molecule has 0 radical (unpaired) electrons. The average Bonchev–Trinajstić information content (AvgIpc) is 3.11. The van der Waals surface area contributed by atoms with Crippen LogP contribution >= 0.6 is 27.5 Å². The molecule has 2 aliphatic rings. The Morgan fingerprint density at radius 1 is 1.23 bits per heavy atom. The second-order valence-corrected chi connectivity index (χ2v) is 9.20. The molecule has 0 N–H and O–H groups in total. The van der Waals surface area contributed by atoms with Crippen LogP contribution < -0.4 is 4.74 Å². The van der Waals surface area contributed by atoms with Crippen LogP contribution in [0.25, 0.3) is 0 Å². The van der Waals surface area contributed by atoms with Gasteiger partial charge in [-0.05, 0) is 61.1 Å². The SMILES string of the molecule is COc1ccc(Br)cc1CCc1c(Cl)cccc1C1=N[C@H]2CCCC[C@@H]2N1CC#N. The van der Waals surface area contributed by atoms with Gasteiger partial charge in [-0.15, -0.1) is 0 Å². The third-order valence-electron chi connectivity index (χ3n) is 6.14. The Morgan fingerprint density at radius 3 is 2.87 bits per heavy atom. The minimum atomic E-state index is 0.291. The van der Waals surface area contributed by atoms with E-state index in [9.17, 15) is 5.26 Å². The predicted molar refractivity (Wildman–Crippen MR) is 124 cm³/mol. The van der Waals surface area contributed by atoms with Crippen molar-refractivity contribution in [2.75, 3.05) is 13.7 Å². The fourth-order valence-corrected chi connectivity index (χ4v) is 5.39. The number of amidine groups is 1. The predicted octanol–water partition coefficient (Wildman–Crippen LogP) is 5.79. The van der Waals surface area contributed by atoms with E-state index in [2.05, 4.69) is 39.0 Å². The first kappa shape index (κ1) is 21.2. The topological polar surface area (TPSA) is 48.6 Å². The zero-order chi connectivity index (χ0) is 21.1. The van der Waals surface area contributed by atoms with E-state index >= 15 is 0 Å². The number of fused-ring (bicyclic) bond motifs is 1. The standard InChI is InChI=1S/C24H25BrClN3O/c1-30-23-12-10-17(25)15-16(23)9-11-18-19(5-4-6-20(18)26)24-28-21-7-2-3-8-22(21)29(24)14-13-27/h4-6,10,12,15,21-22H,2-3,7-9,11,14H2,1H3/t21-,22-/m0/s1. The number of nitriles is 1. The summed E-state index contributed by atoms with van der Waals surface area (Å²) in [6.07, 6.45) is 6.19. The Balaban J connectivity index is 1.67. The van der Waals surface area contributed by atoms with Gasteiger partial charge in [-0.1, -0.05) is 52.5 Å². The molecule has 156 valence electrons. The van der Waals surface area contributed by atoms with Gasteiger partial charge < -0.3 is 9.64 Å². The van der Waals surface area contributed by atoms with E-state index in [-0.39, 0.29) is 0 Å². The number of halogens is 2. The smallest absolute Gasteiger partial charge is 0.132 e. The van der Waals surface area contributed by atoms with Crippen LogP contribution in [0.5, 0.6) is 5.75 Å². The van der Waals surface area contributed by atoms with Crippen LogP contribution in [0.2, 0.25) is 5.02 Å². The summed E-state index contributed by atoms with van der Waals surface area (Å²) in [4.78, 5) is 7.29. The normalized spacial score (nSPS) is 20.5. The van der Waals surface area contributed by atoms with E-state index in [0.29, 0.717) is 18.6 Å². The van der Waals surface area contributed by atoms with Crippen LogP contribution in [-0.4, -0.2) is 36.5 Å². The number of hydrogen-bond acceptors (Lipinski definition) is 4. The maximum atomic E-state index is 9.45. The van der Waals surface area contributed by atoms with E-state index in [1.165, 1.54) is 12.8 Å². The number of nitrogens with zero attached hydrogens (tertiary/aromatic N) is 3. The summed E-state index contributed by atoms with van der Waals surface area (Å²) in [7, 11) is 1.70. The van der Waals surface area contributed by atoms with Crippen molar-refractivity contribution in [1.82, 2.24) is 4.90 Å². The average molecular weight is 487 g/mol. The number of rotatable bonds is 6. The van der Waals surface area contributed by atoms with Gasteiger partial charge >= 0.3 is 0 Å². The number of aryl methyl sites for hydroxylation is 1. The van der Waals surface area contributed by atoms with Gasteiger partial charge in [0.25, 0.3) is 0 Å². The van der Waals surface area contributed by atoms with Crippen molar-refractivity contribution in [2.24, 2.45) is 4.99 Å². The largest absolute Gasteiger partial charge is 0.496 e.